The van der Waals surface area contributed by atoms with Crippen LogP contribution >= 0.6 is 11.3 Å². The lowest BCUT2D eigenvalue weighted by Crippen LogP contribution is -1.94. The zero-order chi connectivity index (χ0) is 20.4. The fraction of sp³-hybridized carbons (Fsp3) is 0.120. The Kier molecular flexibility index (Phi) is 5.36. The number of rotatable bonds is 4. The van der Waals surface area contributed by atoms with Crippen LogP contribution in [0.15, 0.2) is 76.9 Å². The smallest absolute Gasteiger partial charge is 0.131 e. The van der Waals surface area contributed by atoms with Gasteiger partial charge in [-0.15, -0.1) is 11.3 Å². The van der Waals surface area contributed by atoms with Gasteiger partial charge >= 0.3 is 0 Å². The Morgan fingerprint density at radius 2 is 1.62 bits per heavy atom. The Bertz CT molecular complexity index is 1220. The molecule has 0 unspecified atom stereocenters. The zero-order valence-electron chi connectivity index (χ0n) is 16.6. The Morgan fingerprint density at radius 3 is 2.38 bits per heavy atom. The number of hydrogen-bond acceptors (Lipinski definition) is 3. The van der Waals surface area contributed by atoms with E-state index in [9.17, 15) is 4.39 Å². The maximum Gasteiger partial charge on any atom is 0.131 e. The first-order valence-electron chi connectivity index (χ1n) is 9.45. The van der Waals surface area contributed by atoms with Crippen molar-refractivity contribution in [3.05, 3.63) is 94.1 Å². The highest BCUT2D eigenvalue weighted by Crippen LogP contribution is 2.28. The van der Waals surface area contributed by atoms with Crippen molar-refractivity contribution < 1.29 is 4.39 Å². The van der Waals surface area contributed by atoms with Crippen molar-refractivity contribution in [3.8, 4) is 11.1 Å². The van der Waals surface area contributed by atoms with Gasteiger partial charge < -0.3 is 0 Å². The van der Waals surface area contributed by atoms with Crippen LogP contribution in [0.1, 0.15) is 28.5 Å². The van der Waals surface area contributed by atoms with Crippen molar-refractivity contribution in [3.63, 3.8) is 0 Å². The average molecular weight is 401 g/mol. The summed E-state index contributed by atoms with van der Waals surface area (Å²) >= 11 is 1.70. The van der Waals surface area contributed by atoms with Gasteiger partial charge in [-0.05, 0) is 61.5 Å². The molecule has 4 rings (SSSR count). The summed E-state index contributed by atoms with van der Waals surface area (Å²) in [6.07, 6.45) is 1.71. The molecule has 1 aromatic heterocycles. The van der Waals surface area contributed by atoms with Crippen LogP contribution in [0.3, 0.4) is 0 Å². The third-order valence-electron chi connectivity index (χ3n) is 4.81. The Morgan fingerprint density at radius 1 is 0.897 bits per heavy atom. The molecule has 3 aromatic carbocycles. The van der Waals surface area contributed by atoms with Gasteiger partial charge in [0.2, 0.25) is 0 Å². The van der Waals surface area contributed by atoms with Crippen molar-refractivity contribution in [2.45, 2.75) is 20.8 Å². The molecule has 1 heterocycles. The number of benzene rings is 3. The average Bonchev–Trinajstić information content (AvgIpc) is 3.13. The van der Waals surface area contributed by atoms with E-state index in [0.717, 1.165) is 32.8 Å². The standard InChI is InChI=1S/C25H21FN2S/c1-16-8-10-21(22-11-9-17(2)13-23(22)26)20(12-16)15-27-28-18(3)25-14-19-6-4-5-7-24(19)29-25/h4-15H,1-3H3/b27-15+,28-18+. The molecule has 0 amide bonds. The quantitative estimate of drug-likeness (QED) is 0.256. The molecule has 0 aliphatic rings. The number of hydrogen-bond donors (Lipinski definition) is 0. The lowest BCUT2D eigenvalue weighted by Gasteiger charge is -2.09. The first kappa shape index (κ1) is 19.2. The SMILES string of the molecule is C/C(=N\N=C\c1cc(C)ccc1-c1ccc(C)cc1F)c1cc2ccccc2s1. The molecule has 4 heteroatoms. The van der Waals surface area contributed by atoms with Gasteiger partial charge in [0.15, 0.2) is 0 Å². The molecule has 0 spiro atoms. The van der Waals surface area contributed by atoms with Crippen LogP contribution in [-0.2, 0) is 0 Å². The summed E-state index contributed by atoms with van der Waals surface area (Å²) < 4.78 is 15.8. The van der Waals surface area contributed by atoms with Crippen LogP contribution in [0.25, 0.3) is 21.2 Å². The number of aryl methyl sites for hydroxylation is 2. The monoisotopic (exact) mass is 400 g/mol. The number of nitrogens with zero attached hydrogens (tertiary/aromatic N) is 2. The second-order valence-corrected chi connectivity index (χ2v) is 8.24. The van der Waals surface area contributed by atoms with E-state index in [1.807, 2.05) is 63.2 Å². The highest BCUT2D eigenvalue weighted by molar-refractivity contribution is 7.20. The highest BCUT2D eigenvalue weighted by atomic mass is 32.1. The summed E-state index contributed by atoms with van der Waals surface area (Å²) in [5, 5.41) is 9.91. The maximum absolute atomic E-state index is 14.5. The summed E-state index contributed by atoms with van der Waals surface area (Å²) in [6, 6.07) is 21.6. The minimum atomic E-state index is -0.228. The fourth-order valence-electron chi connectivity index (χ4n) is 3.26. The first-order chi connectivity index (χ1) is 14.0. The van der Waals surface area contributed by atoms with Crippen LogP contribution < -0.4 is 0 Å². The van der Waals surface area contributed by atoms with Crippen molar-refractivity contribution >= 4 is 33.3 Å². The molecule has 0 saturated carbocycles. The molecule has 0 atom stereocenters. The van der Waals surface area contributed by atoms with Gasteiger partial charge in [-0.1, -0.05) is 48.0 Å². The fourth-order valence-corrected chi connectivity index (χ4v) is 4.26. The molecule has 0 N–H and O–H groups in total. The van der Waals surface area contributed by atoms with Crippen molar-refractivity contribution in [1.82, 2.24) is 0 Å². The minimum Gasteiger partial charge on any atom is -0.206 e. The molecule has 0 bridgehead atoms. The van der Waals surface area contributed by atoms with E-state index in [4.69, 9.17) is 0 Å². The maximum atomic E-state index is 14.5. The highest BCUT2D eigenvalue weighted by Gasteiger charge is 2.09. The van der Waals surface area contributed by atoms with Gasteiger partial charge in [0.25, 0.3) is 0 Å². The van der Waals surface area contributed by atoms with Crippen LogP contribution in [0, 0.1) is 19.7 Å². The third kappa shape index (κ3) is 4.17. The van der Waals surface area contributed by atoms with Gasteiger partial charge in [-0.25, -0.2) is 4.39 Å². The van der Waals surface area contributed by atoms with Gasteiger partial charge in [-0.2, -0.15) is 10.2 Å². The molecule has 0 radical (unpaired) electrons. The first-order valence-corrected chi connectivity index (χ1v) is 10.3. The second-order valence-electron chi connectivity index (χ2n) is 7.15. The molecule has 2 nitrogen and oxygen atoms in total. The third-order valence-corrected chi connectivity index (χ3v) is 6.03. The summed E-state index contributed by atoms with van der Waals surface area (Å²) in [5.41, 5.74) is 5.08. The molecule has 29 heavy (non-hydrogen) atoms. The molecule has 0 aliphatic carbocycles. The Balaban J connectivity index is 1.67. The molecule has 0 fully saturated rings. The van der Waals surface area contributed by atoms with E-state index in [2.05, 4.69) is 28.4 Å². The van der Waals surface area contributed by atoms with Crippen molar-refractivity contribution in [2.24, 2.45) is 10.2 Å². The molecular weight excluding hydrogens is 379 g/mol. The minimum absolute atomic E-state index is 0.228. The lowest BCUT2D eigenvalue weighted by molar-refractivity contribution is 0.630. The van der Waals surface area contributed by atoms with E-state index >= 15 is 0 Å². The molecular formula is C25H21FN2S. The molecule has 0 aliphatic heterocycles. The van der Waals surface area contributed by atoms with Crippen LogP contribution in [-0.4, -0.2) is 11.9 Å². The molecule has 0 saturated heterocycles. The topological polar surface area (TPSA) is 24.7 Å². The Hall–Kier alpha value is -3.11. The summed E-state index contributed by atoms with van der Waals surface area (Å²) in [7, 11) is 0. The van der Waals surface area contributed by atoms with Gasteiger partial charge in [0.1, 0.15) is 5.82 Å². The van der Waals surface area contributed by atoms with Crippen molar-refractivity contribution in [2.75, 3.05) is 0 Å². The Labute approximate surface area is 174 Å². The van der Waals surface area contributed by atoms with E-state index in [1.54, 1.807) is 23.6 Å². The number of thiophene rings is 1. The summed E-state index contributed by atoms with van der Waals surface area (Å²) in [5.74, 6) is -0.228. The summed E-state index contributed by atoms with van der Waals surface area (Å²) in [6.45, 7) is 5.85. The van der Waals surface area contributed by atoms with E-state index in [0.29, 0.717) is 5.56 Å². The van der Waals surface area contributed by atoms with E-state index < -0.39 is 0 Å². The van der Waals surface area contributed by atoms with Gasteiger partial charge in [0, 0.05) is 15.8 Å². The van der Waals surface area contributed by atoms with Crippen LogP contribution in [0.4, 0.5) is 4.39 Å². The van der Waals surface area contributed by atoms with Gasteiger partial charge in [-0.3, -0.25) is 0 Å². The predicted molar refractivity (Wildman–Crippen MR) is 123 cm³/mol. The van der Waals surface area contributed by atoms with Gasteiger partial charge in [0.05, 0.1) is 16.8 Å². The van der Waals surface area contributed by atoms with Crippen LogP contribution in [0.5, 0.6) is 0 Å². The molecule has 4 aromatic rings. The normalized spacial score (nSPS) is 12.2. The number of halogens is 1. The molecule has 144 valence electrons. The van der Waals surface area contributed by atoms with E-state index in [1.165, 1.54) is 10.1 Å². The summed E-state index contributed by atoms with van der Waals surface area (Å²) in [4.78, 5) is 1.09. The zero-order valence-corrected chi connectivity index (χ0v) is 17.4. The van der Waals surface area contributed by atoms with E-state index in [-0.39, 0.29) is 5.82 Å². The van der Waals surface area contributed by atoms with Crippen LogP contribution in [0.2, 0.25) is 0 Å². The predicted octanol–water partition coefficient (Wildman–Crippen LogP) is 7.17. The largest absolute Gasteiger partial charge is 0.206 e. The second kappa shape index (κ2) is 8.10. The lowest BCUT2D eigenvalue weighted by atomic mass is 9.97. The van der Waals surface area contributed by atoms with Crippen molar-refractivity contribution in [1.29, 1.82) is 0 Å². The number of fused-ring (bicyclic) bond motifs is 1.